The summed E-state index contributed by atoms with van der Waals surface area (Å²) in [6.07, 6.45) is 0.564. The molecular formula is C23H27NO7. The van der Waals surface area contributed by atoms with Crippen LogP contribution in [0.3, 0.4) is 0 Å². The van der Waals surface area contributed by atoms with Crippen LogP contribution in [0, 0.1) is 0 Å². The molecule has 0 radical (unpaired) electrons. The van der Waals surface area contributed by atoms with E-state index in [1.165, 1.54) is 0 Å². The van der Waals surface area contributed by atoms with Crippen LogP contribution in [0.2, 0.25) is 0 Å². The SMILES string of the molecule is CCOC(=O)c1ccc(NC(=O)COC(=O)CCCOc2ccccc2OCC)cc1. The van der Waals surface area contributed by atoms with Crippen LogP contribution in [-0.2, 0) is 19.1 Å². The lowest BCUT2D eigenvalue weighted by molar-refractivity contribution is -0.147. The molecule has 2 aromatic carbocycles. The maximum atomic E-state index is 11.9. The number of hydrogen-bond donors (Lipinski definition) is 1. The first-order valence-electron chi connectivity index (χ1n) is 10.1. The monoisotopic (exact) mass is 429 g/mol. The molecule has 166 valence electrons. The van der Waals surface area contributed by atoms with Gasteiger partial charge in [-0.05, 0) is 56.7 Å². The van der Waals surface area contributed by atoms with E-state index < -0.39 is 24.5 Å². The molecule has 0 saturated carbocycles. The number of carbonyl (C=O) groups is 3. The van der Waals surface area contributed by atoms with Gasteiger partial charge in [0.1, 0.15) is 0 Å². The van der Waals surface area contributed by atoms with Crippen molar-refractivity contribution >= 4 is 23.5 Å². The van der Waals surface area contributed by atoms with Gasteiger partial charge >= 0.3 is 11.9 Å². The lowest BCUT2D eigenvalue weighted by atomic mass is 10.2. The number of amides is 1. The Bertz CT molecular complexity index is 864. The first-order chi connectivity index (χ1) is 15.0. The van der Waals surface area contributed by atoms with Crippen molar-refractivity contribution in [3.05, 3.63) is 54.1 Å². The molecule has 0 aliphatic rings. The molecule has 8 nitrogen and oxygen atoms in total. The van der Waals surface area contributed by atoms with E-state index >= 15 is 0 Å². The van der Waals surface area contributed by atoms with Crippen molar-refractivity contribution in [3.8, 4) is 11.5 Å². The fourth-order valence-corrected chi connectivity index (χ4v) is 2.56. The maximum Gasteiger partial charge on any atom is 0.338 e. The Morgan fingerprint density at radius 3 is 2.16 bits per heavy atom. The highest BCUT2D eigenvalue weighted by Crippen LogP contribution is 2.26. The quantitative estimate of drug-likeness (QED) is 0.406. The molecule has 0 atom stereocenters. The number of benzene rings is 2. The largest absolute Gasteiger partial charge is 0.490 e. The van der Waals surface area contributed by atoms with Crippen LogP contribution in [0.15, 0.2) is 48.5 Å². The smallest absolute Gasteiger partial charge is 0.338 e. The Labute approximate surface area is 181 Å². The Kier molecular flexibility index (Phi) is 9.87. The zero-order chi connectivity index (χ0) is 22.5. The Balaban J connectivity index is 1.66. The predicted molar refractivity (Wildman–Crippen MR) is 114 cm³/mol. The summed E-state index contributed by atoms with van der Waals surface area (Å²) in [5.41, 5.74) is 0.868. The van der Waals surface area contributed by atoms with Crippen molar-refractivity contribution in [2.45, 2.75) is 26.7 Å². The topological polar surface area (TPSA) is 100 Å². The van der Waals surface area contributed by atoms with Gasteiger partial charge in [-0.15, -0.1) is 0 Å². The minimum atomic E-state index is -0.491. The number of rotatable bonds is 12. The van der Waals surface area contributed by atoms with E-state index in [1.54, 1.807) is 37.3 Å². The third-order valence-electron chi connectivity index (χ3n) is 3.98. The predicted octanol–water partition coefficient (Wildman–Crippen LogP) is 3.60. The van der Waals surface area contributed by atoms with Crippen molar-refractivity contribution in [1.82, 2.24) is 0 Å². The Morgan fingerprint density at radius 1 is 0.839 bits per heavy atom. The number of nitrogens with one attached hydrogen (secondary N) is 1. The van der Waals surface area contributed by atoms with Gasteiger partial charge in [-0.2, -0.15) is 0 Å². The average Bonchev–Trinajstić information content (AvgIpc) is 2.77. The van der Waals surface area contributed by atoms with E-state index in [4.69, 9.17) is 18.9 Å². The molecule has 0 aliphatic carbocycles. The highest BCUT2D eigenvalue weighted by Gasteiger charge is 2.10. The van der Waals surface area contributed by atoms with Crippen molar-refractivity contribution < 1.29 is 33.3 Å². The number of para-hydroxylation sites is 2. The van der Waals surface area contributed by atoms with Gasteiger partial charge in [0.15, 0.2) is 18.1 Å². The van der Waals surface area contributed by atoms with Gasteiger partial charge in [-0.25, -0.2) is 4.79 Å². The molecule has 31 heavy (non-hydrogen) atoms. The van der Waals surface area contributed by atoms with Gasteiger partial charge < -0.3 is 24.3 Å². The molecule has 0 unspecified atom stereocenters. The van der Waals surface area contributed by atoms with E-state index in [1.807, 2.05) is 25.1 Å². The zero-order valence-electron chi connectivity index (χ0n) is 17.7. The number of esters is 2. The minimum absolute atomic E-state index is 0.123. The Morgan fingerprint density at radius 2 is 1.52 bits per heavy atom. The van der Waals surface area contributed by atoms with Gasteiger partial charge in [0.2, 0.25) is 0 Å². The molecule has 2 aromatic rings. The Hall–Kier alpha value is -3.55. The first kappa shape index (κ1) is 23.7. The molecule has 0 spiro atoms. The van der Waals surface area contributed by atoms with Gasteiger partial charge in [-0.3, -0.25) is 9.59 Å². The van der Waals surface area contributed by atoms with Crippen LogP contribution < -0.4 is 14.8 Å². The summed E-state index contributed by atoms with van der Waals surface area (Å²) in [4.78, 5) is 35.4. The van der Waals surface area contributed by atoms with Gasteiger partial charge in [0, 0.05) is 12.1 Å². The second kappa shape index (κ2) is 12.9. The summed E-state index contributed by atoms with van der Waals surface area (Å²) in [7, 11) is 0. The molecule has 1 amide bonds. The van der Waals surface area contributed by atoms with Gasteiger partial charge in [-0.1, -0.05) is 12.1 Å². The third kappa shape index (κ3) is 8.38. The molecule has 0 saturated heterocycles. The summed E-state index contributed by atoms with van der Waals surface area (Å²) < 4.78 is 21.0. The second-order valence-electron chi connectivity index (χ2n) is 6.34. The molecule has 1 N–H and O–H groups in total. The lowest BCUT2D eigenvalue weighted by Crippen LogP contribution is -2.21. The van der Waals surface area contributed by atoms with E-state index in [2.05, 4.69) is 5.32 Å². The van der Waals surface area contributed by atoms with E-state index in [-0.39, 0.29) is 13.0 Å². The fourth-order valence-electron chi connectivity index (χ4n) is 2.56. The highest BCUT2D eigenvalue weighted by atomic mass is 16.5. The standard InChI is InChI=1S/C23H27NO7/c1-3-28-19-8-5-6-9-20(19)30-15-7-10-22(26)31-16-21(25)24-18-13-11-17(12-14-18)23(27)29-4-2/h5-6,8-9,11-14H,3-4,7,10,15-16H2,1-2H3,(H,24,25). The van der Waals surface area contributed by atoms with Crippen LogP contribution in [0.1, 0.15) is 37.0 Å². The van der Waals surface area contributed by atoms with Crippen molar-refractivity contribution in [1.29, 1.82) is 0 Å². The van der Waals surface area contributed by atoms with E-state index in [0.717, 1.165) is 0 Å². The summed E-state index contributed by atoms with van der Waals surface area (Å²) in [6.45, 7) is 4.36. The number of ether oxygens (including phenoxy) is 4. The molecular weight excluding hydrogens is 402 g/mol. The summed E-state index contributed by atoms with van der Waals surface area (Å²) in [5.74, 6) is -0.126. The fraction of sp³-hybridized carbons (Fsp3) is 0.348. The third-order valence-corrected chi connectivity index (χ3v) is 3.98. The normalized spacial score (nSPS) is 10.1. The van der Waals surface area contributed by atoms with Gasteiger partial charge in [0.25, 0.3) is 5.91 Å². The second-order valence-corrected chi connectivity index (χ2v) is 6.34. The first-order valence-corrected chi connectivity index (χ1v) is 10.1. The van der Waals surface area contributed by atoms with Crippen LogP contribution in [0.4, 0.5) is 5.69 Å². The molecule has 8 heteroatoms. The summed E-state index contributed by atoms with van der Waals surface area (Å²) in [5, 5.41) is 2.60. The van der Waals surface area contributed by atoms with Crippen LogP contribution in [0.25, 0.3) is 0 Å². The van der Waals surface area contributed by atoms with Crippen molar-refractivity contribution in [2.75, 3.05) is 31.7 Å². The highest BCUT2D eigenvalue weighted by molar-refractivity contribution is 5.94. The van der Waals surface area contributed by atoms with E-state index in [0.29, 0.717) is 42.4 Å². The van der Waals surface area contributed by atoms with Crippen LogP contribution in [0.5, 0.6) is 11.5 Å². The lowest BCUT2D eigenvalue weighted by Gasteiger charge is -2.11. The summed E-state index contributed by atoms with van der Waals surface area (Å²) in [6, 6.07) is 13.5. The molecule has 0 fully saturated rings. The van der Waals surface area contributed by atoms with Crippen LogP contribution in [-0.4, -0.2) is 44.3 Å². The molecule has 0 bridgehead atoms. The average molecular weight is 429 g/mol. The number of carbonyl (C=O) groups excluding carboxylic acids is 3. The van der Waals surface area contributed by atoms with E-state index in [9.17, 15) is 14.4 Å². The molecule has 0 aliphatic heterocycles. The summed E-state index contributed by atoms with van der Waals surface area (Å²) >= 11 is 0. The molecule has 0 aromatic heterocycles. The molecule has 2 rings (SSSR count). The maximum absolute atomic E-state index is 11.9. The van der Waals surface area contributed by atoms with Crippen molar-refractivity contribution in [2.24, 2.45) is 0 Å². The zero-order valence-corrected chi connectivity index (χ0v) is 17.7. The molecule has 0 heterocycles. The van der Waals surface area contributed by atoms with Crippen molar-refractivity contribution in [3.63, 3.8) is 0 Å². The number of hydrogen-bond acceptors (Lipinski definition) is 7. The number of anilines is 1. The van der Waals surface area contributed by atoms with Gasteiger partial charge in [0.05, 0.1) is 25.4 Å². The minimum Gasteiger partial charge on any atom is -0.490 e. The van der Waals surface area contributed by atoms with Crippen LogP contribution >= 0.6 is 0 Å².